The lowest BCUT2D eigenvalue weighted by molar-refractivity contribution is 0.965. The molecule has 0 radical (unpaired) electrons. The fourth-order valence-corrected chi connectivity index (χ4v) is 3.47. The summed E-state index contributed by atoms with van der Waals surface area (Å²) in [5, 5.41) is 7.07. The average molecular weight is 395 g/mol. The van der Waals surface area contributed by atoms with Crippen LogP contribution in [0.3, 0.4) is 0 Å². The highest BCUT2D eigenvalue weighted by atomic mass is 15.1. The van der Waals surface area contributed by atoms with Gasteiger partial charge < -0.3 is 10.6 Å². The van der Waals surface area contributed by atoms with E-state index in [2.05, 4.69) is 90.1 Å². The summed E-state index contributed by atoms with van der Waals surface area (Å²) in [5.41, 5.74) is 7.61. The molecule has 0 spiro atoms. The van der Waals surface area contributed by atoms with Crippen LogP contribution in [0.5, 0.6) is 0 Å². The van der Waals surface area contributed by atoms with Gasteiger partial charge in [-0.1, -0.05) is 60.2 Å². The van der Waals surface area contributed by atoms with E-state index >= 15 is 0 Å². The molecule has 4 nitrogen and oxygen atoms in total. The minimum atomic E-state index is 0.760. The number of aryl methyl sites for hydroxylation is 3. The van der Waals surface area contributed by atoms with Crippen molar-refractivity contribution in [3.63, 3.8) is 0 Å². The first-order chi connectivity index (χ1) is 14.6. The Hall–Kier alpha value is -3.66. The molecule has 0 fully saturated rings. The number of hydrogen-bond acceptors (Lipinski definition) is 4. The van der Waals surface area contributed by atoms with Crippen LogP contribution in [0.1, 0.15) is 28.2 Å². The maximum Gasteiger partial charge on any atom is 0.137 e. The van der Waals surface area contributed by atoms with Gasteiger partial charge in [-0.15, -0.1) is 0 Å². The summed E-state index contributed by atoms with van der Waals surface area (Å²) in [7, 11) is 0. The molecule has 4 rings (SSSR count). The quantitative estimate of drug-likeness (QED) is 0.393. The van der Waals surface area contributed by atoms with Gasteiger partial charge >= 0.3 is 0 Å². The summed E-state index contributed by atoms with van der Waals surface area (Å²) in [5.74, 6) is 1.61. The second-order valence-corrected chi connectivity index (χ2v) is 7.51. The second-order valence-electron chi connectivity index (χ2n) is 7.51. The van der Waals surface area contributed by atoms with Gasteiger partial charge in [0.2, 0.25) is 0 Å². The predicted molar refractivity (Wildman–Crippen MR) is 125 cm³/mol. The van der Waals surface area contributed by atoms with Gasteiger partial charge in [0.25, 0.3) is 0 Å². The topological polar surface area (TPSA) is 49.8 Å². The lowest BCUT2D eigenvalue weighted by Gasteiger charge is -2.17. The number of aromatic nitrogens is 2. The third-order valence-corrected chi connectivity index (χ3v) is 5.06. The van der Waals surface area contributed by atoms with Crippen molar-refractivity contribution in [2.45, 2.75) is 27.2 Å². The molecule has 1 aromatic heterocycles. The number of nitrogens with one attached hydrogen (secondary N) is 2. The lowest BCUT2D eigenvalue weighted by Crippen LogP contribution is -2.07. The van der Waals surface area contributed by atoms with E-state index in [1.54, 1.807) is 0 Å². The van der Waals surface area contributed by atoms with Crippen molar-refractivity contribution >= 4 is 22.9 Å². The van der Waals surface area contributed by atoms with Crippen LogP contribution < -0.4 is 10.6 Å². The maximum absolute atomic E-state index is 4.74. The standard InChI is InChI=1S/C26H26N4/c1-18-13-15-22(16-14-18)29-24-11-7-8-12-25(24)30-26-23(19(2)27-20(3)28-26)17-21-9-5-4-6-10-21/h4-16,29H,17H2,1-3H3,(H,27,28,30). The van der Waals surface area contributed by atoms with E-state index in [4.69, 9.17) is 4.98 Å². The minimum Gasteiger partial charge on any atom is -0.354 e. The Balaban J connectivity index is 1.67. The number of hydrogen-bond donors (Lipinski definition) is 2. The van der Waals surface area contributed by atoms with Gasteiger partial charge in [0, 0.05) is 23.4 Å². The molecule has 1 heterocycles. The van der Waals surface area contributed by atoms with E-state index in [1.807, 2.05) is 25.1 Å². The van der Waals surface area contributed by atoms with E-state index < -0.39 is 0 Å². The van der Waals surface area contributed by atoms with Crippen molar-refractivity contribution in [2.24, 2.45) is 0 Å². The van der Waals surface area contributed by atoms with Crippen LogP contribution in [0.4, 0.5) is 22.9 Å². The molecule has 30 heavy (non-hydrogen) atoms. The first-order valence-electron chi connectivity index (χ1n) is 10.2. The fraction of sp³-hybridized carbons (Fsp3) is 0.154. The summed E-state index contributed by atoms with van der Waals surface area (Å²) in [6, 6.07) is 27.0. The fourth-order valence-electron chi connectivity index (χ4n) is 3.47. The molecule has 4 aromatic rings. The summed E-state index contributed by atoms with van der Waals surface area (Å²) in [4.78, 5) is 9.34. The number of benzene rings is 3. The lowest BCUT2D eigenvalue weighted by atomic mass is 10.0. The SMILES string of the molecule is Cc1ccc(Nc2ccccc2Nc2nc(C)nc(C)c2Cc2ccccc2)cc1. The largest absolute Gasteiger partial charge is 0.354 e. The van der Waals surface area contributed by atoms with Crippen molar-refractivity contribution in [2.75, 3.05) is 10.6 Å². The molecule has 0 amide bonds. The van der Waals surface area contributed by atoms with E-state index in [0.29, 0.717) is 0 Å². The second kappa shape index (κ2) is 8.78. The van der Waals surface area contributed by atoms with Gasteiger partial charge in [-0.05, 0) is 50.6 Å². The number of anilines is 4. The molecule has 0 unspecified atom stereocenters. The molecule has 0 bridgehead atoms. The number of rotatable bonds is 6. The minimum absolute atomic E-state index is 0.760. The van der Waals surface area contributed by atoms with Crippen LogP contribution in [0.2, 0.25) is 0 Å². The summed E-state index contributed by atoms with van der Waals surface area (Å²) >= 11 is 0. The van der Waals surface area contributed by atoms with Gasteiger partial charge in [-0.2, -0.15) is 0 Å². The van der Waals surface area contributed by atoms with Crippen LogP contribution in [0, 0.1) is 20.8 Å². The van der Waals surface area contributed by atoms with Crippen LogP contribution in [0.25, 0.3) is 0 Å². The van der Waals surface area contributed by atoms with E-state index in [-0.39, 0.29) is 0 Å². The Morgan fingerprint density at radius 3 is 2.00 bits per heavy atom. The van der Waals surface area contributed by atoms with Crippen LogP contribution in [0.15, 0.2) is 78.9 Å². The van der Waals surface area contributed by atoms with Crippen molar-refractivity contribution in [3.05, 3.63) is 107 Å². The third-order valence-electron chi connectivity index (χ3n) is 5.06. The van der Waals surface area contributed by atoms with Crippen molar-refractivity contribution in [1.29, 1.82) is 0 Å². The Morgan fingerprint density at radius 2 is 1.30 bits per heavy atom. The Kier molecular flexibility index (Phi) is 5.75. The highest BCUT2D eigenvalue weighted by Crippen LogP contribution is 2.30. The van der Waals surface area contributed by atoms with Crippen LogP contribution >= 0.6 is 0 Å². The molecule has 0 aliphatic heterocycles. The van der Waals surface area contributed by atoms with Gasteiger partial charge in [0.15, 0.2) is 0 Å². The Bertz CT molecular complexity index is 1140. The predicted octanol–water partition coefficient (Wildman–Crippen LogP) is 6.48. The van der Waals surface area contributed by atoms with Gasteiger partial charge in [-0.3, -0.25) is 0 Å². The molecule has 2 N–H and O–H groups in total. The molecular weight excluding hydrogens is 368 g/mol. The van der Waals surface area contributed by atoms with Crippen LogP contribution in [-0.4, -0.2) is 9.97 Å². The maximum atomic E-state index is 4.74. The molecule has 3 aromatic carbocycles. The summed E-state index contributed by atoms with van der Waals surface area (Å²) in [6.45, 7) is 6.07. The monoisotopic (exact) mass is 394 g/mol. The zero-order valence-electron chi connectivity index (χ0n) is 17.6. The van der Waals surface area contributed by atoms with Crippen LogP contribution in [-0.2, 0) is 6.42 Å². The number of nitrogens with zero attached hydrogens (tertiary/aromatic N) is 2. The molecule has 0 aliphatic rings. The smallest absolute Gasteiger partial charge is 0.137 e. The van der Waals surface area contributed by atoms with E-state index in [1.165, 1.54) is 11.1 Å². The van der Waals surface area contributed by atoms with E-state index in [0.717, 1.165) is 46.4 Å². The van der Waals surface area contributed by atoms with Crippen molar-refractivity contribution in [3.8, 4) is 0 Å². The zero-order valence-corrected chi connectivity index (χ0v) is 17.6. The first kappa shape index (κ1) is 19.6. The molecule has 4 heteroatoms. The van der Waals surface area contributed by atoms with Gasteiger partial charge in [-0.25, -0.2) is 9.97 Å². The molecule has 0 atom stereocenters. The zero-order chi connectivity index (χ0) is 20.9. The first-order valence-corrected chi connectivity index (χ1v) is 10.2. The van der Waals surface area contributed by atoms with Crippen molar-refractivity contribution in [1.82, 2.24) is 9.97 Å². The van der Waals surface area contributed by atoms with Crippen molar-refractivity contribution < 1.29 is 0 Å². The summed E-state index contributed by atoms with van der Waals surface area (Å²) < 4.78 is 0. The molecule has 0 aliphatic carbocycles. The molecule has 0 saturated heterocycles. The molecule has 150 valence electrons. The Labute approximate surface area is 178 Å². The van der Waals surface area contributed by atoms with Gasteiger partial charge in [0.1, 0.15) is 11.6 Å². The third kappa shape index (κ3) is 4.66. The highest BCUT2D eigenvalue weighted by molar-refractivity contribution is 5.78. The Morgan fingerprint density at radius 1 is 0.667 bits per heavy atom. The average Bonchev–Trinajstić information content (AvgIpc) is 2.74. The number of para-hydroxylation sites is 2. The molecular formula is C26H26N4. The normalized spacial score (nSPS) is 10.6. The summed E-state index contributed by atoms with van der Waals surface area (Å²) in [6.07, 6.45) is 0.781. The molecule has 0 saturated carbocycles. The van der Waals surface area contributed by atoms with Gasteiger partial charge in [0.05, 0.1) is 11.4 Å². The van der Waals surface area contributed by atoms with E-state index in [9.17, 15) is 0 Å². The highest BCUT2D eigenvalue weighted by Gasteiger charge is 2.13.